The lowest BCUT2D eigenvalue weighted by molar-refractivity contribution is 0.119. The van der Waals surface area contributed by atoms with Crippen LogP contribution in [0.2, 0.25) is 5.02 Å². The van der Waals surface area contributed by atoms with Gasteiger partial charge in [0.15, 0.2) is 5.96 Å². The molecule has 2 heterocycles. The number of likely N-dealkylation sites (tertiary alicyclic amines) is 1. The van der Waals surface area contributed by atoms with Crippen LogP contribution in [0.25, 0.3) is 0 Å². The molecule has 0 amide bonds. The summed E-state index contributed by atoms with van der Waals surface area (Å²) >= 11 is 6.16. The van der Waals surface area contributed by atoms with Gasteiger partial charge in [0.05, 0.1) is 23.9 Å². The smallest absolute Gasteiger partial charge is 0.193 e. The van der Waals surface area contributed by atoms with Gasteiger partial charge in [0.2, 0.25) is 0 Å². The van der Waals surface area contributed by atoms with E-state index in [1.165, 1.54) is 5.69 Å². The number of aromatic nitrogens is 2. The lowest BCUT2D eigenvalue weighted by Gasteiger charge is -2.38. The van der Waals surface area contributed by atoms with E-state index >= 15 is 0 Å². The maximum absolute atomic E-state index is 6.16. The zero-order valence-electron chi connectivity index (χ0n) is 16.4. The third-order valence-electron chi connectivity index (χ3n) is 5.09. The van der Waals surface area contributed by atoms with Crippen LogP contribution in [-0.4, -0.2) is 47.9 Å². The Labute approximate surface area is 188 Å². The van der Waals surface area contributed by atoms with Crippen molar-refractivity contribution in [3.05, 3.63) is 41.2 Å². The minimum absolute atomic E-state index is 0. The highest BCUT2D eigenvalue weighted by molar-refractivity contribution is 14.0. The zero-order chi connectivity index (χ0) is 19.4. The average molecular weight is 519 g/mol. The summed E-state index contributed by atoms with van der Waals surface area (Å²) in [5.41, 5.74) is 8.10. The second-order valence-corrected chi connectivity index (χ2v) is 7.31. The van der Waals surface area contributed by atoms with Crippen molar-refractivity contribution in [1.29, 1.82) is 0 Å². The predicted molar refractivity (Wildman–Crippen MR) is 125 cm³/mol. The number of guanidine groups is 1. The molecule has 1 aliphatic rings. The maximum atomic E-state index is 6.16. The number of benzene rings is 1. The first-order valence-electron chi connectivity index (χ1n) is 9.08. The van der Waals surface area contributed by atoms with E-state index in [1.54, 1.807) is 19.2 Å². The SMILES string of the molecule is COc1ccc(NC(N)=NC[C@@H]2CCCN(C)[C@H]2c2ccnn2C)cc1Cl.I. The largest absolute Gasteiger partial charge is 0.495 e. The molecule has 0 saturated carbocycles. The summed E-state index contributed by atoms with van der Waals surface area (Å²) in [6, 6.07) is 7.81. The Hall–Kier alpha value is -1.52. The minimum atomic E-state index is 0. The number of ether oxygens (including phenoxy) is 1. The first kappa shape index (κ1) is 22.8. The Morgan fingerprint density at radius 2 is 2.18 bits per heavy atom. The number of hydrogen-bond donors (Lipinski definition) is 2. The van der Waals surface area contributed by atoms with Crippen molar-refractivity contribution in [1.82, 2.24) is 14.7 Å². The predicted octanol–water partition coefficient (Wildman–Crippen LogP) is 3.51. The van der Waals surface area contributed by atoms with Crippen LogP contribution in [-0.2, 0) is 7.05 Å². The van der Waals surface area contributed by atoms with E-state index in [4.69, 9.17) is 22.1 Å². The first-order chi connectivity index (χ1) is 13.0. The van der Waals surface area contributed by atoms with Crippen LogP contribution in [0.5, 0.6) is 5.75 Å². The third-order valence-corrected chi connectivity index (χ3v) is 5.38. The van der Waals surface area contributed by atoms with Crippen molar-refractivity contribution in [2.45, 2.75) is 18.9 Å². The first-order valence-corrected chi connectivity index (χ1v) is 9.46. The van der Waals surface area contributed by atoms with Crippen LogP contribution in [0.1, 0.15) is 24.6 Å². The number of anilines is 1. The van der Waals surface area contributed by atoms with Gasteiger partial charge in [-0.05, 0) is 56.6 Å². The summed E-state index contributed by atoms with van der Waals surface area (Å²) in [6.45, 7) is 1.73. The molecule has 1 fully saturated rings. The lowest BCUT2D eigenvalue weighted by atomic mass is 9.87. The molecule has 2 aromatic rings. The molecule has 0 spiro atoms. The van der Waals surface area contributed by atoms with Gasteiger partial charge in [-0.15, -0.1) is 24.0 Å². The molecule has 1 aliphatic heterocycles. The molecule has 154 valence electrons. The van der Waals surface area contributed by atoms with Gasteiger partial charge in [-0.25, -0.2) is 0 Å². The molecule has 1 aromatic heterocycles. The van der Waals surface area contributed by atoms with E-state index in [1.807, 2.05) is 24.0 Å². The Balaban J connectivity index is 0.00000280. The van der Waals surface area contributed by atoms with Crippen molar-refractivity contribution in [2.75, 3.05) is 32.6 Å². The molecule has 0 aliphatic carbocycles. The van der Waals surface area contributed by atoms with Gasteiger partial charge in [-0.3, -0.25) is 14.6 Å². The lowest BCUT2D eigenvalue weighted by Crippen LogP contribution is -2.39. The van der Waals surface area contributed by atoms with Gasteiger partial charge in [0.25, 0.3) is 0 Å². The molecule has 28 heavy (non-hydrogen) atoms. The summed E-state index contributed by atoms with van der Waals surface area (Å²) in [7, 11) is 5.74. The van der Waals surface area contributed by atoms with Crippen LogP contribution in [0.4, 0.5) is 5.69 Å². The van der Waals surface area contributed by atoms with Crippen LogP contribution in [0.3, 0.4) is 0 Å². The number of aryl methyl sites for hydroxylation is 1. The fraction of sp³-hybridized carbons (Fsp3) is 0.474. The Kier molecular flexibility index (Phi) is 8.38. The second-order valence-electron chi connectivity index (χ2n) is 6.91. The van der Waals surface area contributed by atoms with Crippen LogP contribution < -0.4 is 15.8 Å². The van der Waals surface area contributed by atoms with Crippen LogP contribution in [0.15, 0.2) is 35.5 Å². The number of aliphatic imine (C=N–C) groups is 1. The molecular weight excluding hydrogens is 491 g/mol. The Bertz CT molecular complexity index is 811. The van der Waals surface area contributed by atoms with Gasteiger partial charge < -0.3 is 15.8 Å². The van der Waals surface area contributed by atoms with E-state index < -0.39 is 0 Å². The highest BCUT2D eigenvalue weighted by atomic mass is 127. The standard InChI is InChI=1S/C19H27ClN6O.HI/c1-25-10-4-5-13(18(25)16-8-9-23-26(16)2)12-22-19(21)24-14-6-7-17(27-3)15(20)11-14;/h6-9,11,13,18H,4-5,10,12H2,1-3H3,(H3,21,22,24);1H/t13-,18+;/m0./s1. The normalized spacial score (nSPS) is 20.5. The van der Waals surface area contributed by atoms with Crippen LogP contribution >= 0.6 is 35.6 Å². The molecule has 0 unspecified atom stereocenters. The topological polar surface area (TPSA) is 80.7 Å². The monoisotopic (exact) mass is 518 g/mol. The third kappa shape index (κ3) is 5.30. The number of nitrogens with one attached hydrogen (secondary N) is 1. The molecule has 9 heteroatoms. The van der Waals surface area contributed by atoms with Crippen molar-refractivity contribution < 1.29 is 4.74 Å². The zero-order valence-corrected chi connectivity index (χ0v) is 19.5. The highest BCUT2D eigenvalue weighted by Gasteiger charge is 2.32. The van der Waals surface area contributed by atoms with Crippen molar-refractivity contribution in [3.63, 3.8) is 0 Å². The van der Waals surface area contributed by atoms with Crippen molar-refractivity contribution in [2.24, 2.45) is 23.7 Å². The molecule has 7 nitrogen and oxygen atoms in total. The number of nitrogens with two attached hydrogens (primary N) is 1. The fourth-order valence-electron chi connectivity index (χ4n) is 3.74. The van der Waals surface area contributed by atoms with Crippen molar-refractivity contribution >= 4 is 47.2 Å². The minimum Gasteiger partial charge on any atom is -0.495 e. The van der Waals surface area contributed by atoms with E-state index in [2.05, 4.69) is 33.4 Å². The summed E-state index contributed by atoms with van der Waals surface area (Å²) in [6.07, 6.45) is 4.12. The Morgan fingerprint density at radius 3 is 2.82 bits per heavy atom. The van der Waals surface area contributed by atoms with E-state index in [-0.39, 0.29) is 24.0 Å². The second kappa shape index (κ2) is 10.3. The van der Waals surface area contributed by atoms with Gasteiger partial charge >= 0.3 is 0 Å². The molecule has 1 aromatic carbocycles. The summed E-state index contributed by atoms with van der Waals surface area (Å²) in [5.74, 6) is 1.40. The van der Waals surface area contributed by atoms with Crippen LogP contribution in [0, 0.1) is 5.92 Å². The fourth-order valence-corrected chi connectivity index (χ4v) is 4.00. The van der Waals surface area contributed by atoms with Gasteiger partial charge in [0.1, 0.15) is 5.75 Å². The van der Waals surface area contributed by atoms with Gasteiger partial charge in [-0.2, -0.15) is 5.10 Å². The summed E-state index contributed by atoms with van der Waals surface area (Å²) in [4.78, 5) is 6.97. The van der Waals surface area contributed by atoms with Gasteiger partial charge in [-0.1, -0.05) is 11.6 Å². The quantitative estimate of drug-likeness (QED) is 0.360. The molecular formula is C19H28ClIN6O. The number of piperidine rings is 1. The molecule has 3 rings (SSSR count). The number of methoxy groups -OCH3 is 1. The molecule has 2 atom stereocenters. The molecule has 0 bridgehead atoms. The number of nitrogens with zero attached hydrogens (tertiary/aromatic N) is 4. The number of rotatable bonds is 5. The molecule has 3 N–H and O–H groups in total. The molecule has 1 saturated heterocycles. The summed E-state index contributed by atoms with van der Waals surface area (Å²) < 4.78 is 7.11. The highest BCUT2D eigenvalue weighted by Crippen LogP contribution is 2.35. The van der Waals surface area contributed by atoms with E-state index in [0.29, 0.717) is 35.2 Å². The summed E-state index contributed by atoms with van der Waals surface area (Å²) in [5, 5.41) is 7.96. The number of hydrogen-bond acceptors (Lipinski definition) is 4. The molecule has 0 radical (unpaired) electrons. The Morgan fingerprint density at radius 1 is 1.39 bits per heavy atom. The van der Waals surface area contributed by atoms with E-state index in [9.17, 15) is 0 Å². The van der Waals surface area contributed by atoms with E-state index in [0.717, 1.165) is 25.1 Å². The maximum Gasteiger partial charge on any atom is 0.193 e. The van der Waals surface area contributed by atoms with Gasteiger partial charge in [0, 0.05) is 25.5 Å². The van der Waals surface area contributed by atoms with Crippen molar-refractivity contribution in [3.8, 4) is 5.75 Å². The number of halogens is 2. The average Bonchev–Trinajstić information content (AvgIpc) is 3.06.